The van der Waals surface area contributed by atoms with Crippen LogP contribution in [0, 0.1) is 0 Å². The van der Waals surface area contributed by atoms with Crippen molar-refractivity contribution in [1.82, 2.24) is 20.1 Å². The summed E-state index contributed by atoms with van der Waals surface area (Å²) in [7, 11) is 1.92. The molecule has 114 valence electrons. The van der Waals surface area contributed by atoms with Gasteiger partial charge in [-0.2, -0.15) is 0 Å². The third kappa shape index (κ3) is 5.16. The number of aromatic nitrogens is 3. The van der Waals surface area contributed by atoms with Gasteiger partial charge in [0.2, 0.25) is 0 Å². The third-order valence-electron chi connectivity index (χ3n) is 3.35. The fraction of sp³-hybridized carbons (Fsp3) is 0.846. The molecule has 2 heterocycles. The number of hydrogen-bond acceptors (Lipinski definition) is 6. The van der Waals surface area contributed by atoms with Gasteiger partial charge in [-0.05, 0) is 12.8 Å². The molecule has 1 fully saturated rings. The highest BCUT2D eigenvalue weighted by atomic mass is 16.5. The number of aryl methyl sites for hydroxylation is 1. The van der Waals surface area contributed by atoms with E-state index in [1.807, 2.05) is 11.6 Å². The minimum atomic E-state index is -0.490. The van der Waals surface area contributed by atoms with Gasteiger partial charge in [-0.15, -0.1) is 10.2 Å². The average molecular weight is 284 g/mol. The standard InChI is InChI=1S/C13H24N4O3/c1-17-10-15-16-13(17)4-5-14-7-11(18)8-19-9-12-3-2-6-20-12/h10-12,14,18H,2-9H2,1H3. The fourth-order valence-electron chi connectivity index (χ4n) is 2.17. The summed E-state index contributed by atoms with van der Waals surface area (Å²) >= 11 is 0. The molecule has 2 N–H and O–H groups in total. The summed E-state index contributed by atoms with van der Waals surface area (Å²) in [4.78, 5) is 0. The van der Waals surface area contributed by atoms with Gasteiger partial charge in [-0.1, -0.05) is 0 Å². The van der Waals surface area contributed by atoms with E-state index in [4.69, 9.17) is 9.47 Å². The van der Waals surface area contributed by atoms with E-state index in [-0.39, 0.29) is 6.10 Å². The Kier molecular flexibility index (Phi) is 6.38. The van der Waals surface area contributed by atoms with E-state index >= 15 is 0 Å². The number of rotatable bonds is 9. The van der Waals surface area contributed by atoms with Gasteiger partial charge in [0.1, 0.15) is 12.2 Å². The fourth-order valence-corrected chi connectivity index (χ4v) is 2.17. The van der Waals surface area contributed by atoms with Crippen LogP contribution in [0.3, 0.4) is 0 Å². The van der Waals surface area contributed by atoms with Gasteiger partial charge in [0.15, 0.2) is 0 Å². The van der Waals surface area contributed by atoms with Gasteiger partial charge in [-0.25, -0.2) is 0 Å². The van der Waals surface area contributed by atoms with Crippen molar-refractivity contribution in [3.63, 3.8) is 0 Å². The van der Waals surface area contributed by atoms with Gasteiger partial charge in [0, 0.05) is 33.2 Å². The summed E-state index contributed by atoms with van der Waals surface area (Å²) in [6.07, 6.45) is 4.37. The summed E-state index contributed by atoms with van der Waals surface area (Å²) in [5.41, 5.74) is 0. The average Bonchev–Trinajstić information content (AvgIpc) is 3.07. The summed E-state index contributed by atoms with van der Waals surface area (Å²) in [6, 6.07) is 0. The number of aliphatic hydroxyl groups excluding tert-OH is 1. The molecule has 7 nitrogen and oxygen atoms in total. The van der Waals surface area contributed by atoms with Crippen molar-refractivity contribution < 1.29 is 14.6 Å². The van der Waals surface area contributed by atoms with Gasteiger partial charge in [0.05, 0.1) is 25.4 Å². The zero-order valence-electron chi connectivity index (χ0n) is 12.0. The Morgan fingerprint density at radius 2 is 2.55 bits per heavy atom. The quantitative estimate of drug-likeness (QED) is 0.595. The molecular formula is C13H24N4O3. The maximum Gasteiger partial charge on any atom is 0.133 e. The molecular weight excluding hydrogens is 260 g/mol. The highest BCUT2D eigenvalue weighted by molar-refractivity contribution is 4.84. The minimum Gasteiger partial charge on any atom is -0.389 e. The second kappa shape index (κ2) is 8.31. The Labute approximate surface area is 119 Å². The molecule has 1 aliphatic rings. The zero-order chi connectivity index (χ0) is 14.2. The molecule has 0 bridgehead atoms. The second-order valence-corrected chi connectivity index (χ2v) is 5.14. The van der Waals surface area contributed by atoms with Crippen LogP contribution in [0.25, 0.3) is 0 Å². The first-order valence-corrected chi connectivity index (χ1v) is 7.16. The van der Waals surface area contributed by atoms with Crippen LogP contribution in [-0.2, 0) is 22.9 Å². The molecule has 1 aromatic heterocycles. The third-order valence-corrected chi connectivity index (χ3v) is 3.35. The number of nitrogens with zero attached hydrogens (tertiary/aromatic N) is 3. The van der Waals surface area contributed by atoms with Crippen LogP contribution in [0.4, 0.5) is 0 Å². The molecule has 2 unspecified atom stereocenters. The van der Waals surface area contributed by atoms with Crippen LogP contribution < -0.4 is 5.32 Å². The lowest BCUT2D eigenvalue weighted by Crippen LogP contribution is -2.32. The smallest absolute Gasteiger partial charge is 0.133 e. The summed E-state index contributed by atoms with van der Waals surface area (Å²) in [6.45, 7) is 3.03. The Bertz CT molecular complexity index is 379. The Balaban J connectivity index is 1.47. The van der Waals surface area contributed by atoms with E-state index in [2.05, 4.69) is 15.5 Å². The van der Waals surface area contributed by atoms with Gasteiger partial charge >= 0.3 is 0 Å². The van der Waals surface area contributed by atoms with Crippen LogP contribution >= 0.6 is 0 Å². The Morgan fingerprint density at radius 1 is 1.65 bits per heavy atom. The molecule has 0 radical (unpaired) electrons. The van der Waals surface area contributed by atoms with E-state index in [0.29, 0.717) is 19.8 Å². The van der Waals surface area contributed by atoms with E-state index in [1.54, 1.807) is 6.33 Å². The number of ether oxygens (including phenoxy) is 2. The molecule has 1 aromatic rings. The molecule has 1 aliphatic heterocycles. The second-order valence-electron chi connectivity index (χ2n) is 5.14. The first-order valence-electron chi connectivity index (χ1n) is 7.16. The minimum absolute atomic E-state index is 0.214. The SMILES string of the molecule is Cn1cnnc1CCNCC(O)COCC1CCCO1. The topological polar surface area (TPSA) is 81.4 Å². The first kappa shape index (κ1) is 15.4. The Morgan fingerprint density at radius 3 is 3.25 bits per heavy atom. The number of nitrogens with one attached hydrogen (secondary N) is 1. The predicted molar refractivity (Wildman–Crippen MR) is 73.4 cm³/mol. The van der Waals surface area contributed by atoms with Crippen LogP contribution in [0.2, 0.25) is 0 Å². The van der Waals surface area contributed by atoms with Crippen molar-refractivity contribution in [3.05, 3.63) is 12.2 Å². The van der Waals surface area contributed by atoms with Crippen LogP contribution in [-0.4, -0.2) is 65.0 Å². The summed E-state index contributed by atoms with van der Waals surface area (Å²) < 4.78 is 12.8. The highest BCUT2D eigenvalue weighted by Gasteiger charge is 2.16. The molecule has 0 aliphatic carbocycles. The molecule has 2 atom stereocenters. The van der Waals surface area contributed by atoms with Crippen LogP contribution in [0.5, 0.6) is 0 Å². The monoisotopic (exact) mass is 284 g/mol. The van der Waals surface area contributed by atoms with Gasteiger partial charge < -0.3 is 24.5 Å². The van der Waals surface area contributed by atoms with Crippen molar-refractivity contribution in [2.24, 2.45) is 7.05 Å². The van der Waals surface area contributed by atoms with Crippen molar-refractivity contribution >= 4 is 0 Å². The lowest BCUT2D eigenvalue weighted by atomic mass is 10.2. The van der Waals surface area contributed by atoms with Crippen LogP contribution in [0.15, 0.2) is 6.33 Å². The molecule has 20 heavy (non-hydrogen) atoms. The lowest BCUT2D eigenvalue weighted by Gasteiger charge is -2.14. The zero-order valence-corrected chi connectivity index (χ0v) is 12.0. The molecule has 7 heteroatoms. The molecule has 0 spiro atoms. The number of hydrogen-bond donors (Lipinski definition) is 2. The molecule has 0 aromatic carbocycles. The van der Waals surface area contributed by atoms with E-state index < -0.39 is 6.10 Å². The molecule has 0 saturated carbocycles. The van der Waals surface area contributed by atoms with Gasteiger partial charge in [-0.3, -0.25) is 0 Å². The van der Waals surface area contributed by atoms with Crippen molar-refractivity contribution in [2.75, 3.05) is 32.9 Å². The van der Waals surface area contributed by atoms with Crippen LogP contribution in [0.1, 0.15) is 18.7 Å². The lowest BCUT2D eigenvalue weighted by molar-refractivity contribution is -0.0163. The van der Waals surface area contributed by atoms with E-state index in [1.165, 1.54) is 0 Å². The normalized spacial score (nSPS) is 20.4. The molecule has 0 amide bonds. The first-order chi connectivity index (χ1) is 9.75. The van der Waals surface area contributed by atoms with E-state index in [0.717, 1.165) is 38.2 Å². The largest absolute Gasteiger partial charge is 0.389 e. The number of aliphatic hydroxyl groups is 1. The summed E-state index contributed by atoms with van der Waals surface area (Å²) in [5.74, 6) is 0.932. The van der Waals surface area contributed by atoms with Crippen molar-refractivity contribution in [1.29, 1.82) is 0 Å². The highest BCUT2D eigenvalue weighted by Crippen LogP contribution is 2.11. The van der Waals surface area contributed by atoms with Crippen molar-refractivity contribution in [2.45, 2.75) is 31.5 Å². The molecule has 1 saturated heterocycles. The van der Waals surface area contributed by atoms with E-state index in [9.17, 15) is 5.11 Å². The molecule has 2 rings (SSSR count). The summed E-state index contributed by atoms with van der Waals surface area (Å²) in [5, 5.41) is 20.8. The maximum absolute atomic E-state index is 9.77. The maximum atomic E-state index is 9.77. The van der Waals surface area contributed by atoms with Crippen molar-refractivity contribution in [3.8, 4) is 0 Å². The van der Waals surface area contributed by atoms with Gasteiger partial charge in [0.25, 0.3) is 0 Å². The Hall–Kier alpha value is -1.02. The predicted octanol–water partition coefficient (Wildman–Crippen LogP) is -0.496.